The molecule has 72 valence electrons. The van der Waals surface area contributed by atoms with E-state index < -0.39 is 0 Å². The van der Waals surface area contributed by atoms with Crippen molar-refractivity contribution in [2.24, 2.45) is 5.41 Å². The van der Waals surface area contributed by atoms with E-state index in [0.29, 0.717) is 5.78 Å². The van der Waals surface area contributed by atoms with Gasteiger partial charge in [-0.05, 0) is 36.7 Å². The van der Waals surface area contributed by atoms with Crippen molar-refractivity contribution in [2.45, 2.75) is 52.4 Å². The molecule has 1 heteroatoms. The zero-order valence-electron chi connectivity index (χ0n) is 8.65. The smallest absolute Gasteiger partial charge is 0.159 e. The molecule has 0 N–H and O–H groups in total. The van der Waals surface area contributed by atoms with Crippen molar-refractivity contribution in [2.75, 3.05) is 0 Å². The van der Waals surface area contributed by atoms with Crippen LogP contribution in [0.25, 0.3) is 0 Å². The Hall–Kier alpha value is -0.590. The number of allylic oxidation sites excluding steroid dienone is 2. The van der Waals surface area contributed by atoms with Gasteiger partial charge in [0.15, 0.2) is 5.78 Å². The normalized spacial score (nSPS) is 27.4. The summed E-state index contributed by atoms with van der Waals surface area (Å²) in [7, 11) is 0. The van der Waals surface area contributed by atoms with Gasteiger partial charge in [-0.3, -0.25) is 4.79 Å². The van der Waals surface area contributed by atoms with Gasteiger partial charge in [0.1, 0.15) is 0 Å². The van der Waals surface area contributed by atoms with E-state index in [0.717, 1.165) is 12.8 Å². The molecule has 0 saturated heterocycles. The van der Waals surface area contributed by atoms with E-state index in [1.54, 1.807) is 0 Å². The van der Waals surface area contributed by atoms with E-state index in [4.69, 9.17) is 0 Å². The number of carbonyl (C=O) groups excluding carboxylic acids is 1. The first-order chi connectivity index (χ1) is 6.11. The average molecular weight is 178 g/mol. The van der Waals surface area contributed by atoms with Crippen LogP contribution in [0.4, 0.5) is 0 Å². The van der Waals surface area contributed by atoms with Crippen LogP contribution in [0.1, 0.15) is 52.4 Å². The maximum absolute atomic E-state index is 11.7. The van der Waals surface area contributed by atoms with Gasteiger partial charge in [0, 0.05) is 6.42 Å². The lowest BCUT2D eigenvalue weighted by atomic mass is 9.79. The molecule has 0 unspecified atom stereocenters. The fourth-order valence-corrected chi connectivity index (χ4v) is 2.85. The van der Waals surface area contributed by atoms with Gasteiger partial charge in [-0.15, -0.1) is 0 Å². The Bertz CT molecular complexity index is 271. The van der Waals surface area contributed by atoms with Crippen LogP contribution in [-0.2, 0) is 4.79 Å². The Kier molecular flexibility index (Phi) is 2.05. The fourth-order valence-electron chi connectivity index (χ4n) is 2.85. The standard InChI is InChI=1S/C12H18O/c1-12(2)8-4-3-5-9-6-7-10(13)11(9)12/h3-8H2,1-2H3. The van der Waals surface area contributed by atoms with Crippen molar-refractivity contribution in [3.8, 4) is 0 Å². The Morgan fingerprint density at radius 1 is 1.08 bits per heavy atom. The Morgan fingerprint density at radius 2 is 1.85 bits per heavy atom. The zero-order chi connectivity index (χ0) is 9.47. The van der Waals surface area contributed by atoms with E-state index in [1.165, 1.54) is 36.8 Å². The van der Waals surface area contributed by atoms with Crippen molar-refractivity contribution >= 4 is 5.78 Å². The molecule has 2 aliphatic rings. The monoisotopic (exact) mass is 178 g/mol. The summed E-state index contributed by atoms with van der Waals surface area (Å²) in [5, 5.41) is 0. The Morgan fingerprint density at radius 3 is 2.62 bits per heavy atom. The summed E-state index contributed by atoms with van der Waals surface area (Å²) >= 11 is 0. The molecule has 13 heavy (non-hydrogen) atoms. The molecule has 0 amide bonds. The highest BCUT2D eigenvalue weighted by atomic mass is 16.1. The highest BCUT2D eigenvalue weighted by Gasteiger charge is 2.35. The predicted molar refractivity (Wildman–Crippen MR) is 53.5 cm³/mol. The highest BCUT2D eigenvalue weighted by molar-refractivity contribution is 5.99. The van der Waals surface area contributed by atoms with Gasteiger partial charge in [-0.25, -0.2) is 0 Å². The van der Waals surface area contributed by atoms with Crippen molar-refractivity contribution in [1.29, 1.82) is 0 Å². The van der Waals surface area contributed by atoms with Gasteiger partial charge in [-0.2, -0.15) is 0 Å². The van der Waals surface area contributed by atoms with Gasteiger partial charge >= 0.3 is 0 Å². The molecule has 0 heterocycles. The first kappa shape index (κ1) is 8.98. The number of carbonyl (C=O) groups is 1. The largest absolute Gasteiger partial charge is 0.295 e. The molecule has 0 radical (unpaired) electrons. The molecule has 0 fully saturated rings. The van der Waals surface area contributed by atoms with Crippen LogP contribution in [0.2, 0.25) is 0 Å². The van der Waals surface area contributed by atoms with Crippen LogP contribution in [0.5, 0.6) is 0 Å². The molecule has 2 aliphatic carbocycles. The quantitative estimate of drug-likeness (QED) is 0.556. The van der Waals surface area contributed by atoms with Crippen LogP contribution in [-0.4, -0.2) is 5.78 Å². The third kappa shape index (κ3) is 1.45. The molecular weight excluding hydrogens is 160 g/mol. The van der Waals surface area contributed by atoms with Crippen molar-refractivity contribution < 1.29 is 4.79 Å². The Balaban J connectivity index is 2.40. The van der Waals surface area contributed by atoms with Crippen molar-refractivity contribution in [3.63, 3.8) is 0 Å². The zero-order valence-corrected chi connectivity index (χ0v) is 8.65. The molecule has 0 bridgehead atoms. The minimum absolute atomic E-state index is 0.166. The molecular formula is C12H18O. The van der Waals surface area contributed by atoms with Crippen molar-refractivity contribution in [3.05, 3.63) is 11.1 Å². The van der Waals surface area contributed by atoms with Gasteiger partial charge < -0.3 is 0 Å². The molecule has 0 saturated carbocycles. The molecule has 0 atom stereocenters. The molecule has 0 spiro atoms. The van der Waals surface area contributed by atoms with Crippen LogP contribution >= 0.6 is 0 Å². The number of hydrogen-bond acceptors (Lipinski definition) is 1. The number of hydrogen-bond donors (Lipinski definition) is 0. The van der Waals surface area contributed by atoms with E-state index in [-0.39, 0.29) is 5.41 Å². The second kappa shape index (κ2) is 2.97. The summed E-state index contributed by atoms with van der Waals surface area (Å²) < 4.78 is 0. The van der Waals surface area contributed by atoms with Gasteiger partial charge in [0.05, 0.1) is 0 Å². The lowest BCUT2D eigenvalue weighted by molar-refractivity contribution is -0.115. The predicted octanol–water partition coefficient (Wildman–Crippen LogP) is 3.25. The fraction of sp³-hybridized carbons (Fsp3) is 0.750. The van der Waals surface area contributed by atoms with Crippen LogP contribution in [0.15, 0.2) is 11.1 Å². The molecule has 0 aromatic rings. The summed E-state index contributed by atoms with van der Waals surface area (Å²) in [6.45, 7) is 4.47. The highest BCUT2D eigenvalue weighted by Crippen LogP contribution is 2.44. The maximum Gasteiger partial charge on any atom is 0.159 e. The lowest BCUT2D eigenvalue weighted by Gasteiger charge is -2.24. The van der Waals surface area contributed by atoms with Crippen LogP contribution < -0.4 is 0 Å². The summed E-state index contributed by atoms with van der Waals surface area (Å²) in [4.78, 5) is 11.7. The lowest BCUT2D eigenvalue weighted by Crippen LogP contribution is -2.18. The number of ketones is 1. The summed E-state index contributed by atoms with van der Waals surface area (Å²) in [6.07, 6.45) is 6.79. The first-order valence-electron chi connectivity index (χ1n) is 5.37. The third-order valence-corrected chi connectivity index (χ3v) is 3.49. The van der Waals surface area contributed by atoms with Gasteiger partial charge in [0.2, 0.25) is 0 Å². The summed E-state index contributed by atoms with van der Waals surface area (Å²) in [5.74, 6) is 0.432. The van der Waals surface area contributed by atoms with E-state index in [2.05, 4.69) is 13.8 Å². The molecule has 0 aromatic heterocycles. The summed E-state index contributed by atoms with van der Waals surface area (Å²) in [5.41, 5.74) is 2.84. The Labute approximate surface area is 80.2 Å². The first-order valence-corrected chi connectivity index (χ1v) is 5.37. The van der Waals surface area contributed by atoms with E-state index in [9.17, 15) is 4.79 Å². The minimum atomic E-state index is 0.166. The van der Waals surface area contributed by atoms with Crippen molar-refractivity contribution in [1.82, 2.24) is 0 Å². The third-order valence-electron chi connectivity index (χ3n) is 3.49. The number of Topliss-reactive ketones (excluding diaryl/α,β-unsaturated/α-hetero) is 1. The maximum atomic E-state index is 11.7. The second-order valence-electron chi connectivity index (χ2n) is 4.99. The summed E-state index contributed by atoms with van der Waals surface area (Å²) in [6, 6.07) is 0. The van der Waals surface area contributed by atoms with Crippen LogP contribution in [0.3, 0.4) is 0 Å². The SMILES string of the molecule is CC1(C)CCCCC2=C1C(=O)CC2. The minimum Gasteiger partial charge on any atom is -0.295 e. The van der Waals surface area contributed by atoms with Gasteiger partial charge in [-0.1, -0.05) is 25.8 Å². The molecule has 1 nitrogen and oxygen atoms in total. The van der Waals surface area contributed by atoms with E-state index in [1.807, 2.05) is 0 Å². The molecule has 2 rings (SSSR count). The van der Waals surface area contributed by atoms with Gasteiger partial charge in [0.25, 0.3) is 0 Å². The van der Waals surface area contributed by atoms with E-state index >= 15 is 0 Å². The van der Waals surface area contributed by atoms with Crippen LogP contribution in [0, 0.1) is 5.41 Å². The average Bonchev–Trinajstić information content (AvgIpc) is 2.34. The second-order valence-corrected chi connectivity index (χ2v) is 4.99. The molecule has 0 aliphatic heterocycles. The molecule has 0 aromatic carbocycles. The topological polar surface area (TPSA) is 17.1 Å². The number of rotatable bonds is 0.